The summed E-state index contributed by atoms with van der Waals surface area (Å²) in [5.41, 5.74) is 6.90. The van der Waals surface area contributed by atoms with Crippen molar-refractivity contribution in [3.8, 4) is 0 Å². The zero-order valence-corrected chi connectivity index (χ0v) is 10.0. The number of halogens is 1. The first kappa shape index (κ1) is 11.2. The number of hydrogen-bond donors (Lipinski definition) is 1. The van der Waals surface area contributed by atoms with Crippen molar-refractivity contribution in [3.05, 3.63) is 47.8 Å². The van der Waals surface area contributed by atoms with Crippen molar-refractivity contribution in [2.45, 2.75) is 19.6 Å². The molecule has 1 aromatic heterocycles. The van der Waals surface area contributed by atoms with Crippen LogP contribution in [0.3, 0.4) is 0 Å². The van der Waals surface area contributed by atoms with Gasteiger partial charge in [0.05, 0.1) is 6.54 Å². The van der Waals surface area contributed by atoms with Crippen LogP contribution in [-0.4, -0.2) is 16.1 Å². The number of hydrogen-bond acceptors (Lipinski definition) is 3. The molecule has 0 aliphatic carbocycles. The van der Waals surface area contributed by atoms with Gasteiger partial charge in [-0.15, -0.1) is 0 Å². The Hall–Kier alpha value is -1.88. The lowest BCUT2D eigenvalue weighted by Gasteiger charge is -2.29. The third-order valence-electron chi connectivity index (χ3n) is 3.37. The lowest BCUT2D eigenvalue weighted by atomic mass is 10.1. The highest BCUT2D eigenvalue weighted by Gasteiger charge is 2.17. The first-order chi connectivity index (χ1) is 8.78. The SMILES string of the molecule is NCc1ccc(N2CCn3ccnc3C2)cc1F. The Morgan fingerprint density at radius 3 is 3.00 bits per heavy atom. The second-order valence-electron chi connectivity index (χ2n) is 4.44. The summed E-state index contributed by atoms with van der Waals surface area (Å²) in [6.45, 7) is 2.70. The lowest BCUT2D eigenvalue weighted by Crippen LogP contribution is -2.33. The van der Waals surface area contributed by atoms with Gasteiger partial charge in [-0.05, 0) is 12.1 Å². The fourth-order valence-corrected chi connectivity index (χ4v) is 2.29. The normalized spacial score (nSPS) is 14.7. The first-order valence-electron chi connectivity index (χ1n) is 6.01. The highest BCUT2D eigenvalue weighted by molar-refractivity contribution is 5.48. The van der Waals surface area contributed by atoms with E-state index in [4.69, 9.17) is 5.73 Å². The van der Waals surface area contributed by atoms with Gasteiger partial charge in [0.15, 0.2) is 0 Å². The van der Waals surface area contributed by atoms with Gasteiger partial charge in [-0.1, -0.05) is 6.07 Å². The van der Waals surface area contributed by atoms with E-state index in [0.29, 0.717) is 12.1 Å². The molecule has 4 nitrogen and oxygen atoms in total. The molecule has 2 N–H and O–H groups in total. The van der Waals surface area contributed by atoms with Crippen LogP contribution in [0.15, 0.2) is 30.6 Å². The van der Waals surface area contributed by atoms with Crippen molar-refractivity contribution in [2.24, 2.45) is 5.73 Å². The molecular weight excluding hydrogens is 231 g/mol. The molecule has 0 radical (unpaired) electrons. The summed E-state index contributed by atoms with van der Waals surface area (Å²) in [5, 5.41) is 0. The molecule has 0 amide bonds. The third kappa shape index (κ3) is 1.86. The van der Waals surface area contributed by atoms with Crippen molar-refractivity contribution >= 4 is 5.69 Å². The fraction of sp³-hybridized carbons (Fsp3) is 0.308. The van der Waals surface area contributed by atoms with Crippen molar-refractivity contribution in [2.75, 3.05) is 11.4 Å². The number of aromatic nitrogens is 2. The van der Waals surface area contributed by atoms with Gasteiger partial charge in [0.25, 0.3) is 0 Å². The number of fused-ring (bicyclic) bond motifs is 1. The summed E-state index contributed by atoms with van der Waals surface area (Å²) < 4.78 is 15.8. The molecule has 1 aliphatic rings. The Kier molecular flexibility index (Phi) is 2.76. The zero-order valence-electron chi connectivity index (χ0n) is 10.0. The highest BCUT2D eigenvalue weighted by Crippen LogP contribution is 2.22. The third-order valence-corrected chi connectivity index (χ3v) is 3.37. The summed E-state index contributed by atoms with van der Waals surface area (Å²) in [5.74, 6) is 0.786. The van der Waals surface area contributed by atoms with Crippen LogP contribution >= 0.6 is 0 Å². The van der Waals surface area contributed by atoms with Crippen LogP contribution in [0.5, 0.6) is 0 Å². The second kappa shape index (κ2) is 4.42. The monoisotopic (exact) mass is 246 g/mol. The van der Waals surface area contributed by atoms with Crippen LogP contribution in [0.2, 0.25) is 0 Å². The quantitative estimate of drug-likeness (QED) is 0.873. The maximum Gasteiger partial charge on any atom is 0.129 e. The Labute approximate surface area is 105 Å². The van der Waals surface area contributed by atoms with Gasteiger partial charge in [-0.3, -0.25) is 0 Å². The Morgan fingerprint density at radius 1 is 1.33 bits per heavy atom. The van der Waals surface area contributed by atoms with E-state index in [1.54, 1.807) is 18.3 Å². The van der Waals surface area contributed by atoms with Gasteiger partial charge < -0.3 is 15.2 Å². The van der Waals surface area contributed by atoms with Gasteiger partial charge in [0.2, 0.25) is 0 Å². The largest absolute Gasteiger partial charge is 0.362 e. The summed E-state index contributed by atoms with van der Waals surface area (Å²) >= 11 is 0. The maximum absolute atomic E-state index is 13.7. The van der Waals surface area contributed by atoms with E-state index in [1.165, 1.54) is 0 Å². The lowest BCUT2D eigenvalue weighted by molar-refractivity contribution is 0.556. The van der Waals surface area contributed by atoms with E-state index in [1.807, 2.05) is 12.3 Å². The number of imidazole rings is 1. The molecule has 0 unspecified atom stereocenters. The molecule has 0 saturated carbocycles. The van der Waals surface area contributed by atoms with Crippen LogP contribution in [0, 0.1) is 5.82 Å². The van der Waals surface area contributed by atoms with E-state index in [0.717, 1.165) is 24.6 Å². The molecule has 5 heteroatoms. The molecule has 0 spiro atoms. The van der Waals surface area contributed by atoms with Crippen LogP contribution in [-0.2, 0) is 19.6 Å². The molecule has 0 atom stereocenters. The molecule has 0 bridgehead atoms. The minimum Gasteiger partial charge on any atom is -0.362 e. The average molecular weight is 246 g/mol. The topological polar surface area (TPSA) is 47.1 Å². The molecule has 0 fully saturated rings. The Balaban J connectivity index is 1.86. The zero-order chi connectivity index (χ0) is 12.5. The van der Waals surface area contributed by atoms with E-state index in [-0.39, 0.29) is 12.4 Å². The van der Waals surface area contributed by atoms with Crippen molar-refractivity contribution < 1.29 is 4.39 Å². The van der Waals surface area contributed by atoms with Crippen LogP contribution in [0.1, 0.15) is 11.4 Å². The molecule has 2 heterocycles. The highest BCUT2D eigenvalue weighted by atomic mass is 19.1. The first-order valence-corrected chi connectivity index (χ1v) is 6.01. The van der Waals surface area contributed by atoms with Crippen LogP contribution in [0.25, 0.3) is 0 Å². The predicted molar refractivity (Wildman–Crippen MR) is 67.6 cm³/mol. The van der Waals surface area contributed by atoms with Crippen LogP contribution < -0.4 is 10.6 Å². The number of anilines is 1. The molecule has 3 rings (SSSR count). The van der Waals surface area contributed by atoms with Crippen molar-refractivity contribution in [3.63, 3.8) is 0 Å². The van der Waals surface area contributed by atoms with Gasteiger partial charge >= 0.3 is 0 Å². The molecule has 1 aliphatic heterocycles. The number of nitrogens with two attached hydrogens (primary N) is 1. The number of nitrogens with zero attached hydrogens (tertiary/aromatic N) is 3. The van der Waals surface area contributed by atoms with Crippen LogP contribution in [0.4, 0.5) is 10.1 Å². The Bertz CT molecular complexity index is 564. The summed E-state index contributed by atoms with van der Waals surface area (Å²) in [7, 11) is 0. The summed E-state index contributed by atoms with van der Waals surface area (Å²) in [6.07, 6.45) is 3.78. The summed E-state index contributed by atoms with van der Waals surface area (Å²) in [4.78, 5) is 6.43. The van der Waals surface area contributed by atoms with E-state index in [9.17, 15) is 4.39 Å². The van der Waals surface area contributed by atoms with Gasteiger partial charge in [-0.25, -0.2) is 9.37 Å². The van der Waals surface area contributed by atoms with Crippen molar-refractivity contribution in [1.82, 2.24) is 9.55 Å². The molecule has 94 valence electrons. The average Bonchev–Trinajstić information content (AvgIpc) is 2.85. The summed E-state index contributed by atoms with van der Waals surface area (Å²) in [6, 6.07) is 5.23. The molecule has 18 heavy (non-hydrogen) atoms. The molecule has 2 aromatic rings. The van der Waals surface area contributed by atoms with E-state index >= 15 is 0 Å². The fourth-order valence-electron chi connectivity index (χ4n) is 2.29. The number of rotatable bonds is 2. The van der Waals surface area contributed by atoms with Crippen molar-refractivity contribution in [1.29, 1.82) is 0 Å². The predicted octanol–water partition coefficient (Wildman–Crippen LogP) is 1.50. The number of benzene rings is 1. The minimum atomic E-state index is -0.232. The second-order valence-corrected chi connectivity index (χ2v) is 4.44. The standard InChI is InChI=1S/C13H15FN4/c14-12-7-11(2-1-10(12)8-15)18-6-5-17-4-3-16-13(17)9-18/h1-4,7H,5-6,8-9,15H2. The van der Waals surface area contributed by atoms with Gasteiger partial charge in [0.1, 0.15) is 11.6 Å². The van der Waals surface area contributed by atoms with Gasteiger partial charge in [0, 0.05) is 43.3 Å². The smallest absolute Gasteiger partial charge is 0.129 e. The maximum atomic E-state index is 13.7. The van der Waals surface area contributed by atoms with E-state index in [2.05, 4.69) is 14.5 Å². The van der Waals surface area contributed by atoms with Gasteiger partial charge in [-0.2, -0.15) is 0 Å². The molecule has 1 aromatic carbocycles. The molecular formula is C13H15FN4. The minimum absolute atomic E-state index is 0.232. The van der Waals surface area contributed by atoms with E-state index < -0.39 is 0 Å². The molecule has 0 saturated heterocycles. The Morgan fingerprint density at radius 2 is 2.22 bits per heavy atom.